The zero-order valence-electron chi connectivity index (χ0n) is 14.1. The molecule has 7 heteroatoms. The van der Waals surface area contributed by atoms with Gasteiger partial charge in [0.05, 0.1) is 18.2 Å². The van der Waals surface area contributed by atoms with Crippen molar-refractivity contribution >= 4 is 5.91 Å². The van der Waals surface area contributed by atoms with E-state index in [4.69, 9.17) is 0 Å². The van der Waals surface area contributed by atoms with Gasteiger partial charge in [-0.25, -0.2) is 4.98 Å². The van der Waals surface area contributed by atoms with Crippen LogP contribution in [-0.2, 0) is 24.7 Å². The summed E-state index contributed by atoms with van der Waals surface area (Å²) >= 11 is 0. The van der Waals surface area contributed by atoms with Crippen molar-refractivity contribution in [3.63, 3.8) is 0 Å². The standard InChI is InChI=1S/C18H20N6O/c1-23-11-13(10-22-23)2-3-16(25)24-9-6-15-17(21-12-20-15)18(24)14-4-7-19-8-5-14/h4-5,7-8,10-12,18H,2-3,6,9H2,1H3,(H,20,21). The maximum Gasteiger partial charge on any atom is 0.223 e. The highest BCUT2D eigenvalue weighted by Crippen LogP contribution is 2.33. The van der Waals surface area contributed by atoms with E-state index in [0.717, 1.165) is 28.9 Å². The third kappa shape index (κ3) is 3.05. The van der Waals surface area contributed by atoms with E-state index in [1.54, 1.807) is 23.4 Å². The van der Waals surface area contributed by atoms with Gasteiger partial charge in [0.1, 0.15) is 6.04 Å². The number of carbonyl (C=O) groups is 1. The van der Waals surface area contributed by atoms with Gasteiger partial charge in [-0.1, -0.05) is 0 Å². The number of fused-ring (bicyclic) bond motifs is 1. The Hall–Kier alpha value is -2.96. The Morgan fingerprint density at radius 1 is 1.36 bits per heavy atom. The minimum absolute atomic E-state index is 0.138. The molecule has 1 amide bonds. The van der Waals surface area contributed by atoms with E-state index in [9.17, 15) is 4.79 Å². The molecule has 7 nitrogen and oxygen atoms in total. The molecule has 4 heterocycles. The van der Waals surface area contributed by atoms with Crippen molar-refractivity contribution in [3.05, 3.63) is 65.8 Å². The lowest BCUT2D eigenvalue weighted by atomic mass is 9.95. The zero-order chi connectivity index (χ0) is 17.2. The van der Waals surface area contributed by atoms with Crippen molar-refractivity contribution in [1.29, 1.82) is 0 Å². The Bertz CT molecular complexity index is 869. The van der Waals surface area contributed by atoms with Gasteiger partial charge in [0.15, 0.2) is 0 Å². The van der Waals surface area contributed by atoms with E-state index in [2.05, 4.69) is 20.1 Å². The zero-order valence-corrected chi connectivity index (χ0v) is 14.1. The summed E-state index contributed by atoms with van der Waals surface area (Å²) in [6.45, 7) is 0.689. The van der Waals surface area contributed by atoms with Gasteiger partial charge in [-0.05, 0) is 29.7 Å². The number of nitrogens with one attached hydrogen (secondary N) is 1. The highest BCUT2D eigenvalue weighted by atomic mass is 16.2. The molecule has 1 unspecified atom stereocenters. The molecule has 128 valence electrons. The van der Waals surface area contributed by atoms with Crippen LogP contribution in [0.2, 0.25) is 0 Å². The molecule has 25 heavy (non-hydrogen) atoms. The number of nitrogens with zero attached hydrogens (tertiary/aromatic N) is 5. The monoisotopic (exact) mass is 336 g/mol. The van der Waals surface area contributed by atoms with E-state index >= 15 is 0 Å². The summed E-state index contributed by atoms with van der Waals surface area (Å²) in [5.74, 6) is 0.138. The number of aromatic nitrogens is 5. The number of rotatable bonds is 4. The maximum absolute atomic E-state index is 12.9. The number of H-pyrrole nitrogens is 1. The Morgan fingerprint density at radius 3 is 2.96 bits per heavy atom. The van der Waals surface area contributed by atoms with Gasteiger partial charge in [-0.2, -0.15) is 5.10 Å². The first kappa shape index (κ1) is 15.6. The van der Waals surface area contributed by atoms with Gasteiger partial charge in [-0.3, -0.25) is 14.5 Å². The van der Waals surface area contributed by atoms with Gasteiger partial charge < -0.3 is 9.88 Å². The van der Waals surface area contributed by atoms with Crippen LogP contribution in [0, 0.1) is 0 Å². The van der Waals surface area contributed by atoms with Crippen LogP contribution >= 0.6 is 0 Å². The minimum Gasteiger partial charge on any atom is -0.348 e. The molecule has 0 bridgehead atoms. The highest BCUT2D eigenvalue weighted by Gasteiger charge is 2.33. The Morgan fingerprint density at radius 2 is 2.20 bits per heavy atom. The van der Waals surface area contributed by atoms with Crippen molar-refractivity contribution in [2.75, 3.05) is 6.54 Å². The van der Waals surface area contributed by atoms with Gasteiger partial charge in [0.25, 0.3) is 0 Å². The van der Waals surface area contributed by atoms with Crippen molar-refractivity contribution in [2.45, 2.75) is 25.3 Å². The largest absolute Gasteiger partial charge is 0.348 e. The fraction of sp³-hybridized carbons (Fsp3) is 0.333. The molecule has 0 radical (unpaired) electrons. The predicted octanol–water partition coefficient (Wildman–Crippen LogP) is 1.65. The summed E-state index contributed by atoms with van der Waals surface area (Å²) in [4.78, 5) is 26.7. The smallest absolute Gasteiger partial charge is 0.223 e. The lowest BCUT2D eigenvalue weighted by molar-refractivity contribution is -0.133. The van der Waals surface area contributed by atoms with Gasteiger partial charge in [0, 0.05) is 50.7 Å². The first-order valence-electron chi connectivity index (χ1n) is 8.41. The number of carbonyl (C=O) groups excluding carboxylic acids is 1. The molecule has 0 fully saturated rings. The third-order valence-corrected chi connectivity index (χ3v) is 4.65. The predicted molar refractivity (Wildman–Crippen MR) is 91.6 cm³/mol. The molecule has 4 rings (SSSR count). The number of pyridine rings is 1. The minimum atomic E-state index is -0.153. The Kier molecular flexibility index (Phi) is 4.05. The summed E-state index contributed by atoms with van der Waals surface area (Å²) in [7, 11) is 1.88. The third-order valence-electron chi connectivity index (χ3n) is 4.65. The Labute approximate surface area is 145 Å². The number of aryl methyl sites for hydroxylation is 2. The molecule has 3 aromatic rings. The van der Waals surface area contributed by atoms with Crippen molar-refractivity contribution in [3.8, 4) is 0 Å². The first-order chi connectivity index (χ1) is 12.2. The number of hydrogen-bond acceptors (Lipinski definition) is 4. The molecule has 1 aliphatic rings. The summed E-state index contributed by atoms with van der Waals surface area (Å²) in [5.41, 5.74) is 4.16. The van der Waals surface area contributed by atoms with Gasteiger partial charge in [-0.15, -0.1) is 0 Å². The Balaban J connectivity index is 1.58. The topological polar surface area (TPSA) is 79.7 Å². The van der Waals surface area contributed by atoms with E-state index in [-0.39, 0.29) is 11.9 Å². The second kappa shape index (κ2) is 6.51. The van der Waals surface area contributed by atoms with Gasteiger partial charge in [0.2, 0.25) is 5.91 Å². The summed E-state index contributed by atoms with van der Waals surface area (Å²) in [6.07, 6.45) is 11.0. The van der Waals surface area contributed by atoms with Crippen LogP contribution in [0.4, 0.5) is 0 Å². The molecule has 0 saturated carbocycles. The molecule has 1 atom stereocenters. The second-order valence-corrected chi connectivity index (χ2v) is 6.31. The number of aromatic amines is 1. The average molecular weight is 336 g/mol. The number of imidazole rings is 1. The molecule has 3 aromatic heterocycles. The fourth-order valence-corrected chi connectivity index (χ4v) is 3.42. The van der Waals surface area contributed by atoms with Gasteiger partial charge >= 0.3 is 0 Å². The molecule has 0 saturated heterocycles. The SMILES string of the molecule is Cn1cc(CCC(=O)N2CCc3[nH]cnc3C2c2ccncc2)cn1. The maximum atomic E-state index is 12.9. The normalized spacial score (nSPS) is 16.7. The summed E-state index contributed by atoms with van der Waals surface area (Å²) in [5, 5.41) is 4.16. The molecule has 1 aliphatic heterocycles. The number of hydrogen-bond donors (Lipinski definition) is 1. The van der Waals surface area contributed by atoms with Crippen LogP contribution in [0.5, 0.6) is 0 Å². The van der Waals surface area contributed by atoms with E-state index in [1.807, 2.05) is 36.5 Å². The molecule has 0 spiro atoms. The quantitative estimate of drug-likeness (QED) is 0.785. The van der Waals surface area contributed by atoms with E-state index < -0.39 is 0 Å². The van der Waals surface area contributed by atoms with Crippen LogP contribution in [0.25, 0.3) is 0 Å². The highest BCUT2D eigenvalue weighted by molar-refractivity contribution is 5.78. The molecule has 0 aromatic carbocycles. The van der Waals surface area contributed by atoms with Crippen LogP contribution in [0.15, 0.2) is 43.2 Å². The molecule has 1 N–H and O–H groups in total. The van der Waals surface area contributed by atoms with Crippen LogP contribution in [-0.4, -0.2) is 42.1 Å². The molecular formula is C18H20N6O. The summed E-state index contributed by atoms with van der Waals surface area (Å²) in [6, 6.07) is 3.76. The van der Waals surface area contributed by atoms with E-state index in [1.165, 1.54) is 0 Å². The average Bonchev–Trinajstić information content (AvgIpc) is 3.28. The van der Waals surface area contributed by atoms with Crippen LogP contribution in [0.3, 0.4) is 0 Å². The first-order valence-corrected chi connectivity index (χ1v) is 8.41. The second-order valence-electron chi connectivity index (χ2n) is 6.31. The van der Waals surface area contributed by atoms with Crippen molar-refractivity contribution in [1.82, 2.24) is 29.6 Å². The lowest BCUT2D eigenvalue weighted by Crippen LogP contribution is -2.40. The fourth-order valence-electron chi connectivity index (χ4n) is 3.42. The molecule has 0 aliphatic carbocycles. The van der Waals surface area contributed by atoms with Crippen molar-refractivity contribution in [2.24, 2.45) is 7.05 Å². The van der Waals surface area contributed by atoms with Crippen LogP contribution in [0.1, 0.15) is 35.0 Å². The molecular weight excluding hydrogens is 316 g/mol. The summed E-state index contributed by atoms with van der Waals surface area (Å²) < 4.78 is 1.76. The van der Waals surface area contributed by atoms with E-state index in [0.29, 0.717) is 19.4 Å². The van der Waals surface area contributed by atoms with Crippen molar-refractivity contribution < 1.29 is 4.79 Å². The lowest BCUT2D eigenvalue weighted by Gasteiger charge is -2.35. The number of amides is 1. The van der Waals surface area contributed by atoms with Crippen LogP contribution < -0.4 is 0 Å².